The molecular formula is C18H15NO2S. The van der Waals surface area contributed by atoms with Gasteiger partial charge in [0.05, 0.1) is 23.4 Å². The Hall–Kier alpha value is -2.20. The van der Waals surface area contributed by atoms with E-state index in [-0.39, 0.29) is 5.43 Å². The van der Waals surface area contributed by atoms with Crippen molar-refractivity contribution in [3.8, 4) is 11.6 Å². The maximum atomic E-state index is 12.6. The molecule has 0 spiro atoms. The normalized spacial score (nSPS) is 13.1. The molecule has 1 aliphatic rings. The lowest BCUT2D eigenvalue weighted by molar-refractivity contribution is 0.338. The largest absolute Gasteiger partial charge is 0.478 e. The zero-order chi connectivity index (χ0) is 15.1. The highest BCUT2D eigenvalue weighted by atomic mass is 32.2. The minimum Gasteiger partial charge on any atom is -0.478 e. The first-order valence-electron chi connectivity index (χ1n) is 7.23. The number of hydrogen-bond donors (Lipinski definition) is 0. The predicted molar refractivity (Wildman–Crippen MR) is 90.5 cm³/mol. The van der Waals surface area contributed by atoms with Crippen molar-refractivity contribution in [1.29, 1.82) is 0 Å². The molecule has 1 aliphatic heterocycles. The van der Waals surface area contributed by atoms with Crippen molar-refractivity contribution in [3.05, 3.63) is 64.3 Å². The van der Waals surface area contributed by atoms with Gasteiger partial charge in [0.25, 0.3) is 0 Å². The average Bonchev–Trinajstić information content (AvgIpc) is 3.05. The van der Waals surface area contributed by atoms with Crippen LogP contribution in [0.3, 0.4) is 0 Å². The lowest BCUT2D eigenvalue weighted by atomic mass is 10.1. The zero-order valence-corrected chi connectivity index (χ0v) is 13.0. The Balaban J connectivity index is 2.13. The number of hydrogen-bond acceptors (Lipinski definition) is 3. The Morgan fingerprint density at radius 3 is 2.86 bits per heavy atom. The van der Waals surface area contributed by atoms with Gasteiger partial charge in [-0.15, -0.1) is 11.8 Å². The molecule has 22 heavy (non-hydrogen) atoms. The van der Waals surface area contributed by atoms with Gasteiger partial charge in [0.1, 0.15) is 0 Å². The number of aromatic nitrogens is 1. The van der Waals surface area contributed by atoms with Gasteiger partial charge in [0.15, 0.2) is 5.43 Å². The zero-order valence-electron chi connectivity index (χ0n) is 12.2. The smallest absolute Gasteiger partial charge is 0.206 e. The molecule has 1 aromatic heterocycles. The molecule has 4 heteroatoms. The van der Waals surface area contributed by atoms with Crippen LogP contribution in [0.2, 0.25) is 0 Å². The first-order valence-corrected chi connectivity index (χ1v) is 8.46. The fourth-order valence-corrected chi connectivity index (χ4v) is 3.45. The summed E-state index contributed by atoms with van der Waals surface area (Å²) in [7, 11) is 0. The monoisotopic (exact) mass is 309 g/mol. The van der Waals surface area contributed by atoms with E-state index < -0.39 is 0 Å². The van der Waals surface area contributed by atoms with E-state index in [0.29, 0.717) is 18.9 Å². The van der Waals surface area contributed by atoms with Crippen molar-refractivity contribution in [1.82, 2.24) is 4.57 Å². The second-order valence-corrected chi connectivity index (χ2v) is 6.14. The number of nitrogens with zero attached hydrogens (tertiary/aromatic N) is 1. The number of thioether (sulfide) groups is 1. The highest BCUT2D eigenvalue weighted by Gasteiger charge is 2.23. The van der Waals surface area contributed by atoms with Gasteiger partial charge in [0.2, 0.25) is 5.88 Å². The third kappa shape index (κ3) is 1.95. The first-order chi connectivity index (χ1) is 10.8. The molecule has 2 heterocycles. The summed E-state index contributed by atoms with van der Waals surface area (Å²) >= 11 is 1.70. The molecule has 0 unspecified atom stereocenters. The Kier molecular flexibility index (Phi) is 3.19. The van der Waals surface area contributed by atoms with E-state index in [1.807, 2.05) is 30.3 Å². The van der Waals surface area contributed by atoms with Gasteiger partial charge in [-0.2, -0.15) is 0 Å². The predicted octanol–water partition coefficient (Wildman–Crippen LogP) is 3.65. The summed E-state index contributed by atoms with van der Waals surface area (Å²) < 4.78 is 7.87. The maximum absolute atomic E-state index is 12.6. The lowest BCUT2D eigenvalue weighted by Crippen LogP contribution is -2.13. The number of fused-ring (bicyclic) bond motifs is 2. The van der Waals surface area contributed by atoms with Crippen LogP contribution < -0.4 is 10.2 Å². The molecule has 0 bridgehead atoms. The maximum Gasteiger partial charge on any atom is 0.206 e. The third-order valence-corrected chi connectivity index (χ3v) is 4.75. The van der Waals surface area contributed by atoms with E-state index in [4.69, 9.17) is 4.74 Å². The molecule has 4 rings (SSSR count). The number of para-hydroxylation sites is 1. The van der Waals surface area contributed by atoms with E-state index in [1.165, 1.54) is 4.90 Å². The van der Waals surface area contributed by atoms with Crippen molar-refractivity contribution in [2.45, 2.75) is 11.3 Å². The van der Waals surface area contributed by atoms with Crippen LogP contribution in [0, 0.1) is 0 Å². The molecule has 2 aromatic carbocycles. The first kappa shape index (κ1) is 13.5. The Morgan fingerprint density at radius 1 is 1.14 bits per heavy atom. The van der Waals surface area contributed by atoms with Crippen molar-refractivity contribution in [2.75, 3.05) is 12.9 Å². The number of rotatable bonds is 2. The molecule has 0 N–H and O–H groups in total. The van der Waals surface area contributed by atoms with Crippen molar-refractivity contribution in [3.63, 3.8) is 0 Å². The molecule has 3 nitrogen and oxygen atoms in total. The van der Waals surface area contributed by atoms with E-state index in [1.54, 1.807) is 11.8 Å². The van der Waals surface area contributed by atoms with Gasteiger partial charge in [-0.05, 0) is 36.6 Å². The van der Waals surface area contributed by atoms with Crippen LogP contribution >= 0.6 is 11.8 Å². The van der Waals surface area contributed by atoms with Crippen LogP contribution in [-0.2, 0) is 6.42 Å². The Labute approximate surface area is 132 Å². The third-order valence-electron chi connectivity index (χ3n) is 4.03. The second-order valence-electron chi connectivity index (χ2n) is 5.27. The number of benzene rings is 2. The van der Waals surface area contributed by atoms with Gasteiger partial charge in [-0.3, -0.25) is 9.36 Å². The Bertz CT molecular complexity index is 930. The summed E-state index contributed by atoms with van der Waals surface area (Å²) in [5.41, 5.74) is 2.81. The summed E-state index contributed by atoms with van der Waals surface area (Å²) in [6.45, 7) is 0.573. The van der Waals surface area contributed by atoms with Gasteiger partial charge < -0.3 is 4.74 Å². The average molecular weight is 309 g/mol. The van der Waals surface area contributed by atoms with E-state index >= 15 is 0 Å². The van der Waals surface area contributed by atoms with Crippen LogP contribution in [-0.4, -0.2) is 17.4 Å². The van der Waals surface area contributed by atoms with E-state index in [9.17, 15) is 4.79 Å². The fourth-order valence-electron chi connectivity index (χ4n) is 2.99. The van der Waals surface area contributed by atoms with Gasteiger partial charge >= 0.3 is 0 Å². The summed E-state index contributed by atoms with van der Waals surface area (Å²) in [5.74, 6) is 0.696. The van der Waals surface area contributed by atoms with Crippen LogP contribution in [0.1, 0.15) is 5.56 Å². The minimum absolute atomic E-state index is 0.0976. The second kappa shape index (κ2) is 5.21. The molecular weight excluding hydrogens is 294 g/mol. The summed E-state index contributed by atoms with van der Waals surface area (Å²) in [6.07, 6.45) is 2.74. The standard InChI is InChI=1S/C18H15NO2S/c1-22-13-6-4-5-12(11-13)19-16-8-3-2-7-14(16)17(20)15-9-10-21-18(15)19/h2-8,11H,9-10H2,1H3. The molecule has 110 valence electrons. The molecule has 0 amide bonds. The van der Waals surface area contributed by atoms with Crippen molar-refractivity contribution in [2.24, 2.45) is 0 Å². The summed E-state index contributed by atoms with van der Waals surface area (Å²) in [6, 6.07) is 16.0. The summed E-state index contributed by atoms with van der Waals surface area (Å²) in [5, 5.41) is 0.751. The molecule has 0 atom stereocenters. The lowest BCUT2D eigenvalue weighted by Gasteiger charge is -2.16. The van der Waals surface area contributed by atoms with Crippen LogP contribution in [0.4, 0.5) is 0 Å². The topological polar surface area (TPSA) is 31.2 Å². The van der Waals surface area contributed by atoms with Crippen LogP contribution in [0.25, 0.3) is 16.6 Å². The molecule has 3 aromatic rings. The molecule has 0 aliphatic carbocycles. The fraction of sp³-hybridized carbons (Fsp3) is 0.167. The minimum atomic E-state index is 0.0976. The SMILES string of the molecule is CSc1cccc(-n2c3c(c(=O)c4ccccc42)CCO3)c1. The molecule has 0 radical (unpaired) electrons. The van der Waals surface area contributed by atoms with E-state index in [0.717, 1.165) is 22.2 Å². The molecule has 0 saturated heterocycles. The Morgan fingerprint density at radius 2 is 2.00 bits per heavy atom. The quantitative estimate of drug-likeness (QED) is 0.677. The van der Waals surface area contributed by atoms with E-state index in [2.05, 4.69) is 29.0 Å². The highest BCUT2D eigenvalue weighted by Crippen LogP contribution is 2.31. The van der Waals surface area contributed by atoms with Crippen LogP contribution in [0.15, 0.2) is 58.2 Å². The number of ether oxygens (including phenoxy) is 1. The van der Waals surface area contributed by atoms with Gasteiger partial charge in [-0.25, -0.2) is 0 Å². The highest BCUT2D eigenvalue weighted by molar-refractivity contribution is 7.98. The molecule has 0 saturated carbocycles. The number of pyridine rings is 1. The molecule has 0 fully saturated rings. The van der Waals surface area contributed by atoms with Crippen LogP contribution in [0.5, 0.6) is 5.88 Å². The summed E-state index contributed by atoms with van der Waals surface area (Å²) in [4.78, 5) is 13.8. The van der Waals surface area contributed by atoms with Crippen molar-refractivity contribution < 1.29 is 4.74 Å². The van der Waals surface area contributed by atoms with Crippen molar-refractivity contribution >= 4 is 22.7 Å². The van der Waals surface area contributed by atoms with Gasteiger partial charge in [0, 0.05) is 16.7 Å². The van der Waals surface area contributed by atoms with Gasteiger partial charge in [-0.1, -0.05) is 18.2 Å².